The van der Waals surface area contributed by atoms with E-state index < -0.39 is 0 Å². The SMILES string of the molecule is CCOc1cc(CNCc2ccc(C)cc2)cc(Cl)c1OCc1cccc(C)c1. The molecule has 0 amide bonds. The molecular weight excluding hydrogens is 382 g/mol. The van der Waals surface area contributed by atoms with Crippen molar-refractivity contribution in [1.82, 2.24) is 5.32 Å². The zero-order valence-corrected chi connectivity index (χ0v) is 18.1. The highest BCUT2D eigenvalue weighted by molar-refractivity contribution is 6.32. The summed E-state index contributed by atoms with van der Waals surface area (Å²) >= 11 is 6.55. The molecule has 0 saturated carbocycles. The van der Waals surface area contributed by atoms with E-state index in [1.165, 1.54) is 16.7 Å². The van der Waals surface area contributed by atoms with Gasteiger partial charge in [0.05, 0.1) is 11.6 Å². The van der Waals surface area contributed by atoms with E-state index in [1.54, 1.807) is 0 Å². The standard InChI is InChI=1S/C25H28ClNO2/c1-4-28-24-14-22(16-27-15-20-10-8-18(2)9-11-20)13-23(26)25(24)29-17-21-7-5-6-19(3)12-21/h5-14,27H,4,15-17H2,1-3H3. The average Bonchev–Trinajstić information content (AvgIpc) is 2.69. The summed E-state index contributed by atoms with van der Waals surface area (Å²) in [6.45, 7) is 8.63. The Morgan fingerprint density at radius 3 is 2.28 bits per heavy atom. The quantitative estimate of drug-likeness (QED) is 0.454. The molecule has 4 heteroatoms. The molecule has 0 aliphatic rings. The molecule has 3 rings (SSSR count). The van der Waals surface area contributed by atoms with E-state index in [4.69, 9.17) is 21.1 Å². The number of nitrogens with one attached hydrogen (secondary N) is 1. The first-order valence-corrected chi connectivity index (χ1v) is 10.3. The normalized spacial score (nSPS) is 10.8. The third-order valence-corrected chi connectivity index (χ3v) is 4.89. The van der Waals surface area contributed by atoms with Crippen molar-refractivity contribution in [2.75, 3.05) is 6.61 Å². The average molecular weight is 410 g/mol. The minimum absolute atomic E-state index is 0.451. The molecule has 0 radical (unpaired) electrons. The predicted molar refractivity (Wildman–Crippen MR) is 120 cm³/mol. The van der Waals surface area contributed by atoms with Gasteiger partial charge in [-0.2, -0.15) is 0 Å². The van der Waals surface area contributed by atoms with Crippen LogP contribution in [0.15, 0.2) is 60.7 Å². The van der Waals surface area contributed by atoms with Crippen molar-refractivity contribution in [1.29, 1.82) is 0 Å². The lowest BCUT2D eigenvalue weighted by atomic mass is 10.1. The molecule has 0 saturated heterocycles. The molecule has 0 bridgehead atoms. The minimum atomic E-state index is 0.451. The summed E-state index contributed by atoms with van der Waals surface area (Å²) in [5.41, 5.74) is 5.89. The van der Waals surface area contributed by atoms with Gasteiger partial charge in [-0.15, -0.1) is 0 Å². The highest BCUT2D eigenvalue weighted by Crippen LogP contribution is 2.37. The highest BCUT2D eigenvalue weighted by atomic mass is 35.5. The van der Waals surface area contributed by atoms with Crippen molar-refractivity contribution in [2.45, 2.75) is 40.5 Å². The Kier molecular flexibility index (Phi) is 7.56. The molecule has 0 atom stereocenters. The molecular formula is C25H28ClNO2. The molecule has 0 aliphatic carbocycles. The van der Waals surface area contributed by atoms with E-state index in [0.717, 1.165) is 17.7 Å². The van der Waals surface area contributed by atoms with Gasteiger partial charge in [-0.1, -0.05) is 71.3 Å². The second-order valence-corrected chi connectivity index (χ2v) is 7.61. The molecule has 29 heavy (non-hydrogen) atoms. The number of benzene rings is 3. The lowest BCUT2D eigenvalue weighted by Gasteiger charge is -2.16. The molecule has 0 aliphatic heterocycles. The van der Waals surface area contributed by atoms with E-state index in [2.05, 4.69) is 55.6 Å². The van der Waals surface area contributed by atoms with Crippen LogP contribution in [-0.2, 0) is 19.7 Å². The van der Waals surface area contributed by atoms with E-state index in [0.29, 0.717) is 36.3 Å². The molecule has 3 aromatic carbocycles. The first-order chi connectivity index (χ1) is 14.0. The first kappa shape index (κ1) is 21.2. The number of rotatable bonds is 9. The van der Waals surface area contributed by atoms with Crippen LogP contribution in [0.3, 0.4) is 0 Å². The minimum Gasteiger partial charge on any atom is -0.490 e. The van der Waals surface area contributed by atoms with Gasteiger partial charge >= 0.3 is 0 Å². The van der Waals surface area contributed by atoms with Crippen molar-refractivity contribution >= 4 is 11.6 Å². The monoisotopic (exact) mass is 409 g/mol. The maximum Gasteiger partial charge on any atom is 0.180 e. The van der Waals surface area contributed by atoms with Gasteiger partial charge in [-0.05, 0) is 49.6 Å². The van der Waals surface area contributed by atoms with Crippen LogP contribution in [0.5, 0.6) is 11.5 Å². The van der Waals surface area contributed by atoms with Crippen LogP contribution in [0.4, 0.5) is 0 Å². The zero-order valence-electron chi connectivity index (χ0n) is 17.3. The Labute approximate surface area is 178 Å². The molecule has 0 aromatic heterocycles. The van der Waals surface area contributed by atoms with Crippen molar-refractivity contribution in [3.8, 4) is 11.5 Å². The number of hydrogen-bond acceptors (Lipinski definition) is 3. The molecule has 0 heterocycles. The lowest BCUT2D eigenvalue weighted by Crippen LogP contribution is -2.13. The van der Waals surface area contributed by atoms with E-state index in [9.17, 15) is 0 Å². The molecule has 152 valence electrons. The first-order valence-electron chi connectivity index (χ1n) is 9.95. The summed E-state index contributed by atoms with van der Waals surface area (Å²) in [5, 5.41) is 4.03. The van der Waals surface area contributed by atoms with Crippen LogP contribution in [0.2, 0.25) is 5.02 Å². The Morgan fingerprint density at radius 2 is 1.55 bits per heavy atom. The van der Waals surface area contributed by atoms with E-state index in [1.807, 2.05) is 31.2 Å². The van der Waals surface area contributed by atoms with Crippen molar-refractivity contribution in [2.24, 2.45) is 0 Å². The smallest absolute Gasteiger partial charge is 0.180 e. The maximum atomic E-state index is 6.55. The number of hydrogen-bond donors (Lipinski definition) is 1. The summed E-state index contributed by atoms with van der Waals surface area (Å²) in [7, 11) is 0. The Hall–Kier alpha value is -2.49. The van der Waals surface area contributed by atoms with Crippen LogP contribution in [-0.4, -0.2) is 6.61 Å². The third kappa shape index (κ3) is 6.25. The van der Waals surface area contributed by atoms with Crippen LogP contribution < -0.4 is 14.8 Å². The van der Waals surface area contributed by atoms with Crippen LogP contribution in [0.1, 0.15) is 34.7 Å². The molecule has 0 fully saturated rings. The van der Waals surface area contributed by atoms with Crippen molar-refractivity contribution in [3.05, 3.63) is 93.5 Å². The van der Waals surface area contributed by atoms with Crippen LogP contribution in [0, 0.1) is 13.8 Å². The maximum absolute atomic E-state index is 6.55. The number of ether oxygens (including phenoxy) is 2. The van der Waals surface area contributed by atoms with Gasteiger partial charge in [0.25, 0.3) is 0 Å². The van der Waals surface area contributed by atoms with Gasteiger partial charge in [-0.25, -0.2) is 0 Å². The highest BCUT2D eigenvalue weighted by Gasteiger charge is 2.13. The fourth-order valence-electron chi connectivity index (χ4n) is 3.14. The van der Waals surface area contributed by atoms with E-state index in [-0.39, 0.29) is 0 Å². The molecule has 3 nitrogen and oxygen atoms in total. The fourth-order valence-corrected chi connectivity index (χ4v) is 3.43. The summed E-state index contributed by atoms with van der Waals surface area (Å²) in [4.78, 5) is 0. The van der Waals surface area contributed by atoms with Crippen molar-refractivity contribution in [3.63, 3.8) is 0 Å². The van der Waals surface area contributed by atoms with Gasteiger partial charge < -0.3 is 14.8 Å². The summed E-state index contributed by atoms with van der Waals surface area (Å²) in [6, 6.07) is 20.7. The van der Waals surface area contributed by atoms with Crippen LogP contribution >= 0.6 is 11.6 Å². The summed E-state index contributed by atoms with van der Waals surface area (Å²) in [6.07, 6.45) is 0. The largest absolute Gasteiger partial charge is 0.490 e. The third-order valence-electron chi connectivity index (χ3n) is 4.61. The topological polar surface area (TPSA) is 30.5 Å². The van der Waals surface area contributed by atoms with Gasteiger partial charge in [-0.3, -0.25) is 0 Å². The second kappa shape index (κ2) is 10.3. The van der Waals surface area contributed by atoms with Gasteiger partial charge in [0, 0.05) is 13.1 Å². The van der Waals surface area contributed by atoms with Gasteiger partial charge in [0.1, 0.15) is 6.61 Å². The molecule has 3 aromatic rings. The Bertz CT molecular complexity index is 938. The predicted octanol–water partition coefficient (Wildman–Crippen LogP) is 6.22. The summed E-state index contributed by atoms with van der Waals surface area (Å²) in [5.74, 6) is 1.28. The Balaban J connectivity index is 1.67. The van der Waals surface area contributed by atoms with Gasteiger partial charge in [0.2, 0.25) is 0 Å². The second-order valence-electron chi connectivity index (χ2n) is 7.20. The lowest BCUT2D eigenvalue weighted by molar-refractivity contribution is 0.269. The molecule has 0 unspecified atom stereocenters. The van der Waals surface area contributed by atoms with Crippen molar-refractivity contribution < 1.29 is 9.47 Å². The molecule has 0 spiro atoms. The zero-order chi connectivity index (χ0) is 20.6. The Morgan fingerprint density at radius 1 is 0.793 bits per heavy atom. The molecule has 1 N–H and O–H groups in total. The number of aryl methyl sites for hydroxylation is 2. The number of halogens is 1. The summed E-state index contributed by atoms with van der Waals surface area (Å²) < 4.78 is 11.8. The van der Waals surface area contributed by atoms with Gasteiger partial charge in [0.15, 0.2) is 11.5 Å². The van der Waals surface area contributed by atoms with Crippen LogP contribution in [0.25, 0.3) is 0 Å². The fraction of sp³-hybridized carbons (Fsp3) is 0.280. The van der Waals surface area contributed by atoms with E-state index >= 15 is 0 Å².